The van der Waals surface area contributed by atoms with Gasteiger partial charge in [0.15, 0.2) is 0 Å². The van der Waals surface area contributed by atoms with Gasteiger partial charge >= 0.3 is 0 Å². The van der Waals surface area contributed by atoms with Crippen molar-refractivity contribution >= 4 is 16.7 Å². The van der Waals surface area contributed by atoms with Crippen LogP contribution in [0.5, 0.6) is 5.75 Å². The maximum absolute atomic E-state index is 12.5. The van der Waals surface area contributed by atoms with Gasteiger partial charge in [-0.25, -0.2) is 4.68 Å². The third-order valence-corrected chi connectivity index (χ3v) is 3.88. The standard InChI is InChI=1S/C19H19N3O3/c1-3-25-17-11-7-6-10-15(17)18(23)20-12-16-13-8-4-5-9-14(13)19(24)22(2)21-16/h4-11H,3,12H2,1-2H3,(H,20,23). The van der Waals surface area contributed by atoms with Crippen LogP contribution in [-0.2, 0) is 13.6 Å². The highest BCUT2D eigenvalue weighted by Crippen LogP contribution is 2.18. The predicted octanol–water partition coefficient (Wildman–Crippen LogP) is 2.26. The SMILES string of the molecule is CCOc1ccccc1C(=O)NCc1nn(C)c(=O)c2ccccc12. The van der Waals surface area contributed by atoms with Crippen LogP contribution in [0.4, 0.5) is 0 Å². The van der Waals surface area contributed by atoms with Gasteiger partial charge in [-0.05, 0) is 25.1 Å². The molecule has 0 spiro atoms. The Morgan fingerprint density at radius 2 is 1.80 bits per heavy atom. The number of amides is 1. The van der Waals surface area contributed by atoms with Crippen LogP contribution >= 0.6 is 0 Å². The van der Waals surface area contributed by atoms with Gasteiger partial charge in [-0.2, -0.15) is 5.10 Å². The summed E-state index contributed by atoms with van der Waals surface area (Å²) in [5, 5.41) is 8.46. The molecule has 3 rings (SSSR count). The van der Waals surface area contributed by atoms with E-state index in [0.29, 0.717) is 29.0 Å². The molecular formula is C19H19N3O3. The monoisotopic (exact) mass is 337 g/mol. The van der Waals surface area contributed by atoms with Crippen LogP contribution in [0.25, 0.3) is 10.8 Å². The van der Waals surface area contributed by atoms with Gasteiger partial charge in [-0.15, -0.1) is 0 Å². The molecule has 0 atom stereocenters. The van der Waals surface area contributed by atoms with Crippen LogP contribution in [-0.4, -0.2) is 22.3 Å². The molecule has 0 bridgehead atoms. The quantitative estimate of drug-likeness (QED) is 0.775. The van der Waals surface area contributed by atoms with Crippen LogP contribution in [0.15, 0.2) is 53.3 Å². The smallest absolute Gasteiger partial charge is 0.274 e. The molecule has 0 aliphatic heterocycles. The number of carbonyl (C=O) groups excluding carboxylic acids is 1. The lowest BCUT2D eigenvalue weighted by molar-refractivity contribution is 0.0946. The molecule has 0 fully saturated rings. The zero-order chi connectivity index (χ0) is 17.8. The van der Waals surface area contributed by atoms with Crippen molar-refractivity contribution < 1.29 is 9.53 Å². The number of hydrogen-bond acceptors (Lipinski definition) is 4. The normalized spacial score (nSPS) is 10.6. The lowest BCUT2D eigenvalue weighted by atomic mass is 10.1. The van der Waals surface area contributed by atoms with Crippen molar-refractivity contribution in [3.8, 4) is 5.75 Å². The molecule has 0 aliphatic rings. The van der Waals surface area contributed by atoms with Gasteiger partial charge in [0.25, 0.3) is 11.5 Å². The number of benzene rings is 2. The van der Waals surface area contributed by atoms with Crippen molar-refractivity contribution in [3.63, 3.8) is 0 Å². The minimum absolute atomic E-state index is 0.160. The topological polar surface area (TPSA) is 73.2 Å². The Labute approximate surface area is 145 Å². The molecule has 1 N–H and O–H groups in total. The molecule has 1 aromatic heterocycles. The number of ether oxygens (including phenoxy) is 1. The first-order valence-electron chi connectivity index (χ1n) is 8.06. The third-order valence-electron chi connectivity index (χ3n) is 3.88. The van der Waals surface area contributed by atoms with Crippen LogP contribution in [0.2, 0.25) is 0 Å². The fourth-order valence-corrected chi connectivity index (χ4v) is 2.70. The number of nitrogens with one attached hydrogen (secondary N) is 1. The molecule has 1 heterocycles. The van der Waals surface area contributed by atoms with Crippen LogP contribution in [0.3, 0.4) is 0 Å². The lowest BCUT2D eigenvalue weighted by Crippen LogP contribution is -2.27. The molecule has 6 nitrogen and oxygen atoms in total. The molecule has 0 radical (unpaired) electrons. The van der Waals surface area contributed by atoms with E-state index in [2.05, 4.69) is 10.4 Å². The molecule has 0 aliphatic carbocycles. The first kappa shape index (κ1) is 16.7. The number of hydrogen-bond donors (Lipinski definition) is 1. The molecule has 3 aromatic rings. The van der Waals surface area contributed by atoms with Crippen LogP contribution in [0, 0.1) is 0 Å². The highest BCUT2D eigenvalue weighted by molar-refractivity contribution is 5.97. The van der Waals surface area contributed by atoms with Crippen molar-refractivity contribution in [2.75, 3.05) is 6.61 Å². The van der Waals surface area contributed by atoms with E-state index in [1.165, 1.54) is 4.68 Å². The Bertz CT molecular complexity index is 979. The molecular weight excluding hydrogens is 318 g/mol. The van der Waals surface area contributed by atoms with E-state index in [9.17, 15) is 9.59 Å². The maximum atomic E-state index is 12.5. The number of rotatable bonds is 5. The Morgan fingerprint density at radius 1 is 1.12 bits per heavy atom. The Balaban J connectivity index is 1.88. The summed E-state index contributed by atoms with van der Waals surface area (Å²) in [4.78, 5) is 24.7. The average Bonchev–Trinajstić information content (AvgIpc) is 2.64. The van der Waals surface area contributed by atoms with E-state index in [-0.39, 0.29) is 18.0 Å². The number of carbonyl (C=O) groups is 1. The van der Waals surface area contributed by atoms with E-state index in [1.807, 2.05) is 31.2 Å². The first-order valence-corrected chi connectivity index (χ1v) is 8.06. The van der Waals surface area contributed by atoms with Crippen molar-refractivity contribution in [3.05, 3.63) is 70.1 Å². The minimum atomic E-state index is -0.246. The van der Waals surface area contributed by atoms with Crippen molar-refractivity contribution in [2.45, 2.75) is 13.5 Å². The zero-order valence-electron chi connectivity index (χ0n) is 14.2. The van der Waals surface area contributed by atoms with Crippen LogP contribution in [0.1, 0.15) is 23.0 Å². The van der Waals surface area contributed by atoms with Gasteiger partial charge in [0.2, 0.25) is 0 Å². The van der Waals surface area contributed by atoms with Gasteiger partial charge in [0.05, 0.1) is 29.8 Å². The van der Waals surface area contributed by atoms with Gasteiger partial charge in [-0.1, -0.05) is 30.3 Å². The molecule has 6 heteroatoms. The number of aromatic nitrogens is 2. The second-order valence-electron chi connectivity index (χ2n) is 5.53. The second kappa shape index (κ2) is 7.17. The van der Waals surface area contributed by atoms with E-state index >= 15 is 0 Å². The van der Waals surface area contributed by atoms with Gasteiger partial charge in [0, 0.05) is 12.4 Å². The Kier molecular flexibility index (Phi) is 4.79. The van der Waals surface area contributed by atoms with E-state index in [1.54, 1.807) is 31.3 Å². The fourth-order valence-electron chi connectivity index (χ4n) is 2.70. The summed E-state index contributed by atoms with van der Waals surface area (Å²) in [6.07, 6.45) is 0. The van der Waals surface area contributed by atoms with E-state index in [0.717, 1.165) is 5.39 Å². The van der Waals surface area contributed by atoms with Crippen molar-refractivity contribution in [2.24, 2.45) is 7.05 Å². The number of para-hydroxylation sites is 1. The summed E-state index contributed by atoms with van der Waals surface area (Å²) < 4.78 is 6.78. The molecule has 0 unspecified atom stereocenters. The minimum Gasteiger partial charge on any atom is -0.493 e. The highest BCUT2D eigenvalue weighted by atomic mass is 16.5. The lowest BCUT2D eigenvalue weighted by Gasteiger charge is -2.12. The van der Waals surface area contributed by atoms with Gasteiger partial charge in [-0.3, -0.25) is 9.59 Å². The molecule has 25 heavy (non-hydrogen) atoms. The summed E-state index contributed by atoms with van der Waals surface area (Å²) in [7, 11) is 1.60. The summed E-state index contributed by atoms with van der Waals surface area (Å²) >= 11 is 0. The molecule has 0 saturated carbocycles. The number of fused-ring (bicyclic) bond motifs is 1. The summed E-state index contributed by atoms with van der Waals surface area (Å²) in [6.45, 7) is 2.57. The Morgan fingerprint density at radius 3 is 2.56 bits per heavy atom. The molecule has 1 amide bonds. The van der Waals surface area contributed by atoms with Crippen molar-refractivity contribution in [1.29, 1.82) is 0 Å². The highest BCUT2D eigenvalue weighted by Gasteiger charge is 2.14. The Hall–Kier alpha value is -3.15. The van der Waals surface area contributed by atoms with E-state index in [4.69, 9.17) is 4.74 Å². The van der Waals surface area contributed by atoms with Crippen molar-refractivity contribution in [1.82, 2.24) is 15.1 Å². The summed E-state index contributed by atoms with van der Waals surface area (Å²) in [5.74, 6) is 0.296. The largest absolute Gasteiger partial charge is 0.493 e. The maximum Gasteiger partial charge on any atom is 0.274 e. The second-order valence-corrected chi connectivity index (χ2v) is 5.53. The molecule has 2 aromatic carbocycles. The van der Waals surface area contributed by atoms with Gasteiger partial charge < -0.3 is 10.1 Å². The summed E-state index contributed by atoms with van der Waals surface area (Å²) in [5.41, 5.74) is 0.950. The third kappa shape index (κ3) is 3.38. The van der Waals surface area contributed by atoms with Gasteiger partial charge in [0.1, 0.15) is 5.75 Å². The number of nitrogens with zero attached hydrogens (tertiary/aromatic N) is 2. The summed E-state index contributed by atoms with van der Waals surface area (Å²) in [6, 6.07) is 14.3. The number of aryl methyl sites for hydroxylation is 1. The van der Waals surface area contributed by atoms with Crippen LogP contribution < -0.4 is 15.6 Å². The predicted molar refractivity (Wildman–Crippen MR) is 95.8 cm³/mol. The fraction of sp³-hybridized carbons (Fsp3) is 0.211. The molecule has 0 saturated heterocycles. The molecule has 128 valence electrons. The first-order chi connectivity index (χ1) is 12.1. The van der Waals surface area contributed by atoms with E-state index < -0.39 is 0 Å². The average molecular weight is 337 g/mol. The zero-order valence-corrected chi connectivity index (χ0v) is 14.2.